The quantitative estimate of drug-likeness (QED) is 0.900. The summed E-state index contributed by atoms with van der Waals surface area (Å²) >= 11 is 0. The van der Waals surface area contributed by atoms with Crippen LogP contribution in [0.15, 0.2) is 0 Å². The molecule has 2 atom stereocenters. The maximum atomic E-state index is 4.15. The van der Waals surface area contributed by atoms with Crippen LogP contribution in [0.4, 0.5) is 0 Å². The zero-order valence-electron chi connectivity index (χ0n) is 13.4. The zero-order valence-corrected chi connectivity index (χ0v) is 13.4. The van der Waals surface area contributed by atoms with E-state index in [0.29, 0.717) is 11.5 Å². The van der Waals surface area contributed by atoms with Crippen LogP contribution in [0.25, 0.3) is 0 Å². The minimum absolute atomic E-state index is 0.368. The Morgan fingerprint density at radius 3 is 2.70 bits per heavy atom. The number of rotatable bonds is 5. The first-order valence-electron chi connectivity index (χ1n) is 8.00. The number of tetrazole rings is 1. The second-order valence-electron chi connectivity index (χ2n) is 7.06. The van der Waals surface area contributed by atoms with Gasteiger partial charge in [0.1, 0.15) is 0 Å². The van der Waals surface area contributed by atoms with E-state index < -0.39 is 0 Å². The predicted octanol–water partition coefficient (Wildman–Crippen LogP) is 2.78. The molecule has 1 aromatic rings. The third kappa shape index (κ3) is 3.78. The predicted molar refractivity (Wildman–Crippen MR) is 80.1 cm³/mol. The Labute approximate surface area is 122 Å². The molecule has 0 unspecified atom stereocenters. The van der Waals surface area contributed by atoms with Crippen LogP contribution in [0.1, 0.15) is 65.6 Å². The van der Waals surface area contributed by atoms with Crippen molar-refractivity contribution in [3.05, 3.63) is 5.82 Å². The van der Waals surface area contributed by atoms with Crippen molar-refractivity contribution in [2.75, 3.05) is 0 Å². The fourth-order valence-electron chi connectivity index (χ4n) is 3.37. The highest BCUT2D eigenvalue weighted by Crippen LogP contribution is 2.38. The standard InChI is InChI=1S/C15H29N5/c1-5-10-20-14(17-18-19-20)11-16-13-9-7-6-8-12(13)15(2,3)4/h12-13,16H,5-11H2,1-4H3/t12-,13+/m0/s1. The molecule has 0 saturated heterocycles. The Bertz CT molecular complexity index is 407. The number of nitrogens with zero attached hydrogens (tertiary/aromatic N) is 4. The number of nitrogens with one attached hydrogen (secondary N) is 1. The molecule has 114 valence electrons. The van der Waals surface area contributed by atoms with Gasteiger partial charge in [0.15, 0.2) is 5.82 Å². The van der Waals surface area contributed by atoms with Crippen molar-refractivity contribution in [1.82, 2.24) is 25.5 Å². The Morgan fingerprint density at radius 1 is 1.25 bits per heavy atom. The molecule has 2 rings (SSSR count). The molecule has 5 nitrogen and oxygen atoms in total. The lowest BCUT2D eigenvalue weighted by Gasteiger charge is -2.41. The Kier molecular flexibility index (Phi) is 5.13. The largest absolute Gasteiger partial charge is 0.307 e. The van der Waals surface area contributed by atoms with Gasteiger partial charge < -0.3 is 5.32 Å². The summed E-state index contributed by atoms with van der Waals surface area (Å²) in [4.78, 5) is 0. The van der Waals surface area contributed by atoms with Gasteiger partial charge in [-0.15, -0.1) is 5.10 Å². The molecule has 0 aromatic carbocycles. The molecule has 1 heterocycles. The maximum absolute atomic E-state index is 4.15. The van der Waals surface area contributed by atoms with E-state index in [1.807, 2.05) is 4.68 Å². The van der Waals surface area contributed by atoms with E-state index >= 15 is 0 Å². The molecular weight excluding hydrogens is 250 g/mol. The van der Waals surface area contributed by atoms with Gasteiger partial charge in [0, 0.05) is 12.6 Å². The van der Waals surface area contributed by atoms with E-state index in [1.165, 1.54) is 25.7 Å². The number of hydrogen-bond acceptors (Lipinski definition) is 4. The monoisotopic (exact) mass is 279 g/mol. The van der Waals surface area contributed by atoms with Gasteiger partial charge in [0.25, 0.3) is 0 Å². The van der Waals surface area contributed by atoms with E-state index in [2.05, 4.69) is 48.5 Å². The van der Waals surface area contributed by atoms with Crippen LogP contribution in [-0.2, 0) is 13.1 Å². The lowest BCUT2D eigenvalue weighted by Crippen LogP contribution is -2.44. The summed E-state index contributed by atoms with van der Waals surface area (Å²) in [7, 11) is 0. The molecule has 1 aliphatic rings. The van der Waals surface area contributed by atoms with Crippen LogP contribution in [-0.4, -0.2) is 26.2 Å². The summed E-state index contributed by atoms with van der Waals surface area (Å²) in [5, 5.41) is 15.7. The second kappa shape index (κ2) is 6.66. The van der Waals surface area contributed by atoms with Crippen LogP contribution >= 0.6 is 0 Å². The third-order valence-electron chi connectivity index (χ3n) is 4.44. The first kappa shape index (κ1) is 15.4. The summed E-state index contributed by atoms with van der Waals surface area (Å²) in [6, 6.07) is 0.593. The van der Waals surface area contributed by atoms with Crippen LogP contribution < -0.4 is 5.32 Å². The lowest BCUT2D eigenvalue weighted by molar-refractivity contribution is 0.129. The Morgan fingerprint density at radius 2 is 2.00 bits per heavy atom. The van der Waals surface area contributed by atoms with E-state index in [1.54, 1.807) is 0 Å². The normalized spacial score (nSPS) is 24.0. The molecule has 0 spiro atoms. The van der Waals surface area contributed by atoms with E-state index in [-0.39, 0.29) is 0 Å². The first-order chi connectivity index (χ1) is 9.52. The van der Waals surface area contributed by atoms with Crippen LogP contribution in [0.5, 0.6) is 0 Å². The van der Waals surface area contributed by atoms with Crippen molar-refractivity contribution in [3.63, 3.8) is 0 Å². The molecule has 20 heavy (non-hydrogen) atoms. The second-order valence-corrected chi connectivity index (χ2v) is 7.06. The van der Waals surface area contributed by atoms with Gasteiger partial charge in [-0.05, 0) is 41.0 Å². The van der Waals surface area contributed by atoms with Crippen molar-refractivity contribution in [2.45, 2.75) is 78.9 Å². The number of hydrogen-bond donors (Lipinski definition) is 1. The smallest absolute Gasteiger partial charge is 0.165 e. The van der Waals surface area contributed by atoms with Crippen molar-refractivity contribution < 1.29 is 0 Å². The molecule has 1 N–H and O–H groups in total. The third-order valence-corrected chi connectivity index (χ3v) is 4.44. The highest BCUT2D eigenvalue weighted by atomic mass is 15.5. The van der Waals surface area contributed by atoms with Gasteiger partial charge in [-0.25, -0.2) is 4.68 Å². The van der Waals surface area contributed by atoms with Crippen molar-refractivity contribution in [2.24, 2.45) is 11.3 Å². The topological polar surface area (TPSA) is 55.6 Å². The summed E-state index contributed by atoms with van der Waals surface area (Å²) in [5.74, 6) is 1.71. The highest BCUT2D eigenvalue weighted by molar-refractivity contribution is 4.90. The summed E-state index contributed by atoms with van der Waals surface area (Å²) < 4.78 is 1.92. The van der Waals surface area contributed by atoms with Gasteiger partial charge >= 0.3 is 0 Å². The molecule has 0 amide bonds. The molecule has 5 heteroatoms. The molecule has 1 saturated carbocycles. The van der Waals surface area contributed by atoms with Crippen molar-refractivity contribution >= 4 is 0 Å². The SMILES string of the molecule is CCCn1nnnc1CN[C@@H]1CCCC[C@@H]1C(C)(C)C. The van der Waals surface area contributed by atoms with Gasteiger partial charge in [-0.2, -0.15) is 0 Å². The average Bonchev–Trinajstić information content (AvgIpc) is 2.83. The molecule has 0 bridgehead atoms. The van der Waals surface area contributed by atoms with Gasteiger partial charge in [-0.3, -0.25) is 0 Å². The molecular formula is C15H29N5. The van der Waals surface area contributed by atoms with E-state index in [0.717, 1.165) is 31.3 Å². The highest BCUT2D eigenvalue weighted by Gasteiger charge is 2.33. The molecule has 0 radical (unpaired) electrons. The Balaban J connectivity index is 1.95. The maximum Gasteiger partial charge on any atom is 0.165 e. The van der Waals surface area contributed by atoms with Crippen LogP contribution in [0.3, 0.4) is 0 Å². The fraction of sp³-hybridized carbons (Fsp3) is 0.933. The fourth-order valence-corrected chi connectivity index (χ4v) is 3.37. The van der Waals surface area contributed by atoms with Gasteiger partial charge in [0.2, 0.25) is 0 Å². The molecule has 1 aromatic heterocycles. The number of aryl methyl sites for hydroxylation is 1. The van der Waals surface area contributed by atoms with Crippen LogP contribution in [0, 0.1) is 11.3 Å². The lowest BCUT2D eigenvalue weighted by atomic mass is 9.69. The summed E-state index contributed by atoms with van der Waals surface area (Å²) in [6.45, 7) is 10.9. The molecule has 0 aliphatic heterocycles. The van der Waals surface area contributed by atoms with Gasteiger partial charge in [0.05, 0.1) is 6.54 Å². The van der Waals surface area contributed by atoms with E-state index in [9.17, 15) is 0 Å². The minimum Gasteiger partial charge on any atom is -0.307 e. The molecule has 1 fully saturated rings. The Hall–Kier alpha value is -0.970. The van der Waals surface area contributed by atoms with Crippen LogP contribution in [0.2, 0.25) is 0 Å². The average molecular weight is 279 g/mol. The number of aromatic nitrogens is 4. The minimum atomic E-state index is 0.368. The van der Waals surface area contributed by atoms with E-state index in [4.69, 9.17) is 0 Å². The van der Waals surface area contributed by atoms with Crippen molar-refractivity contribution in [1.29, 1.82) is 0 Å². The molecule has 1 aliphatic carbocycles. The zero-order chi connectivity index (χ0) is 14.6. The first-order valence-corrected chi connectivity index (χ1v) is 8.00. The summed E-state index contributed by atoms with van der Waals surface area (Å²) in [6.07, 6.45) is 6.38. The van der Waals surface area contributed by atoms with Gasteiger partial charge in [-0.1, -0.05) is 40.5 Å². The van der Waals surface area contributed by atoms with Crippen molar-refractivity contribution in [3.8, 4) is 0 Å². The summed E-state index contributed by atoms with van der Waals surface area (Å²) in [5.41, 5.74) is 0.368.